The maximum atomic E-state index is 12.5. The van der Waals surface area contributed by atoms with E-state index in [1.54, 1.807) is 19.1 Å². The molecular weight excluding hydrogens is 512 g/mol. The molecule has 8 nitrogen and oxygen atoms in total. The van der Waals surface area contributed by atoms with Crippen LogP contribution in [0, 0.1) is 22.7 Å². The van der Waals surface area contributed by atoms with Gasteiger partial charge in [0.1, 0.15) is 18.3 Å². The number of hydrogen-bond acceptors (Lipinski definition) is 7. The highest BCUT2D eigenvalue weighted by molar-refractivity contribution is 5.87. The number of allylic oxidation sites excluding steroid dienone is 1. The SMILES string of the molecule is C[C@@H]1O[C@@H](O[C@@H]2C=C3CC[C@@H]4[C@H](CC[C@]5(C)[C@@H](c6ccc(C(=O)O)cc6)CC[C@]45O)[C@@]3(C)CC2)[C@H](O)[C@H](O)[C@H]1O. The van der Waals surface area contributed by atoms with Gasteiger partial charge in [-0.2, -0.15) is 0 Å². The fourth-order valence-corrected chi connectivity index (χ4v) is 9.46. The van der Waals surface area contributed by atoms with Crippen molar-refractivity contribution in [1.29, 1.82) is 0 Å². The highest BCUT2D eigenvalue weighted by atomic mass is 16.7. The van der Waals surface area contributed by atoms with Gasteiger partial charge in [0.15, 0.2) is 6.29 Å². The Bertz CT molecular complexity index is 1170. The lowest BCUT2D eigenvalue weighted by atomic mass is 9.45. The molecule has 1 aromatic rings. The van der Waals surface area contributed by atoms with E-state index in [0.29, 0.717) is 5.92 Å². The largest absolute Gasteiger partial charge is 0.478 e. The molecule has 0 amide bonds. The summed E-state index contributed by atoms with van der Waals surface area (Å²) < 4.78 is 11.8. The molecule has 0 bridgehead atoms. The summed E-state index contributed by atoms with van der Waals surface area (Å²) >= 11 is 0. The Morgan fingerprint density at radius 2 is 1.65 bits per heavy atom. The van der Waals surface area contributed by atoms with Crippen LogP contribution in [0.3, 0.4) is 0 Å². The predicted molar refractivity (Wildman–Crippen MR) is 147 cm³/mol. The summed E-state index contributed by atoms with van der Waals surface area (Å²) in [6, 6.07) is 7.25. The quantitative estimate of drug-likeness (QED) is 0.354. The highest BCUT2D eigenvalue weighted by Crippen LogP contribution is 2.70. The first-order chi connectivity index (χ1) is 18.9. The average Bonchev–Trinajstić information content (AvgIpc) is 3.21. The fourth-order valence-electron chi connectivity index (χ4n) is 9.46. The predicted octanol–water partition coefficient (Wildman–Crippen LogP) is 3.76. The summed E-state index contributed by atoms with van der Waals surface area (Å²) in [5, 5.41) is 52.5. The van der Waals surface area contributed by atoms with Gasteiger partial charge in [-0.15, -0.1) is 0 Å². The fraction of sp³-hybridized carbons (Fsp3) is 0.719. The topological polar surface area (TPSA) is 137 Å². The van der Waals surface area contributed by atoms with E-state index in [4.69, 9.17) is 9.47 Å². The van der Waals surface area contributed by atoms with Crippen LogP contribution in [0.4, 0.5) is 0 Å². The van der Waals surface area contributed by atoms with E-state index >= 15 is 0 Å². The Morgan fingerprint density at radius 3 is 2.35 bits per heavy atom. The number of aliphatic hydroxyl groups is 4. The highest BCUT2D eigenvalue weighted by Gasteiger charge is 2.66. The number of hydrogen-bond donors (Lipinski definition) is 5. The van der Waals surface area contributed by atoms with Gasteiger partial charge in [0, 0.05) is 5.41 Å². The molecule has 5 N–H and O–H groups in total. The molecule has 0 aromatic heterocycles. The monoisotopic (exact) mass is 556 g/mol. The summed E-state index contributed by atoms with van der Waals surface area (Å²) in [4.78, 5) is 11.4. The number of rotatable bonds is 4. The zero-order valence-corrected chi connectivity index (χ0v) is 23.7. The van der Waals surface area contributed by atoms with Gasteiger partial charge in [-0.05, 0) is 99.2 Å². The lowest BCUT2D eigenvalue weighted by molar-refractivity contribution is -0.301. The summed E-state index contributed by atoms with van der Waals surface area (Å²) in [6.07, 6.45) is 3.67. The van der Waals surface area contributed by atoms with Crippen LogP contribution in [0.2, 0.25) is 0 Å². The van der Waals surface area contributed by atoms with E-state index < -0.39 is 42.3 Å². The van der Waals surface area contributed by atoms with Crippen molar-refractivity contribution in [3.05, 3.63) is 47.0 Å². The number of fused-ring (bicyclic) bond motifs is 5. The molecule has 5 aliphatic rings. The third-order valence-electron chi connectivity index (χ3n) is 11.9. The molecule has 12 atom stereocenters. The van der Waals surface area contributed by atoms with E-state index in [9.17, 15) is 30.3 Å². The number of carboxylic acid groups (broad SMARTS) is 1. The van der Waals surface area contributed by atoms with Crippen LogP contribution < -0.4 is 0 Å². The van der Waals surface area contributed by atoms with Gasteiger partial charge < -0.3 is 35.0 Å². The standard InChI is InChI=1S/C32H44O8/c1-17-25(33)26(34)27(35)29(39-17)40-21-10-13-30(2)20(16-21)8-9-24-23(30)11-14-31(3)22(12-15-32(24,31)38)18-4-6-19(7-5-18)28(36)37/h4-7,16-17,21-27,29,33-35,38H,8-15H2,1-3H3,(H,36,37)/t17-,21-,22+,23-,24+,25-,26+,27+,29-,30-,31+,32-/m0/s1. The van der Waals surface area contributed by atoms with E-state index in [-0.39, 0.29) is 34.3 Å². The first-order valence-corrected chi connectivity index (χ1v) is 15.0. The molecule has 4 aliphatic carbocycles. The average molecular weight is 557 g/mol. The van der Waals surface area contributed by atoms with Crippen LogP contribution in [0.1, 0.15) is 94.0 Å². The molecule has 1 saturated heterocycles. The molecule has 3 saturated carbocycles. The number of carbonyl (C=O) groups is 1. The van der Waals surface area contributed by atoms with Crippen molar-refractivity contribution < 1.29 is 39.8 Å². The summed E-state index contributed by atoms with van der Waals surface area (Å²) in [7, 11) is 0. The molecule has 40 heavy (non-hydrogen) atoms. The maximum absolute atomic E-state index is 12.5. The number of aromatic carboxylic acids is 1. The number of carboxylic acids is 1. The first-order valence-electron chi connectivity index (χ1n) is 15.0. The molecule has 0 radical (unpaired) electrons. The smallest absolute Gasteiger partial charge is 0.335 e. The second kappa shape index (κ2) is 9.89. The van der Waals surface area contributed by atoms with Crippen LogP contribution in [-0.2, 0) is 9.47 Å². The van der Waals surface area contributed by atoms with E-state index in [0.717, 1.165) is 56.9 Å². The van der Waals surface area contributed by atoms with Gasteiger partial charge in [-0.3, -0.25) is 0 Å². The van der Waals surface area contributed by atoms with Gasteiger partial charge in [0.05, 0.1) is 23.4 Å². The Morgan fingerprint density at radius 1 is 0.925 bits per heavy atom. The Labute approximate surface area is 236 Å². The van der Waals surface area contributed by atoms with Crippen molar-refractivity contribution in [2.24, 2.45) is 22.7 Å². The number of ether oxygens (including phenoxy) is 2. The molecule has 4 fully saturated rings. The zero-order valence-electron chi connectivity index (χ0n) is 23.7. The van der Waals surface area contributed by atoms with Crippen molar-refractivity contribution in [2.75, 3.05) is 0 Å². The van der Waals surface area contributed by atoms with Crippen LogP contribution >= 0.6 is 0 Å². The molecule has 1 heterocycles. The second-order valence-corrected chi connectivity index (χ2v) is 13.7. The summed E-state index contributed by atoms with van der Waals surface area (Å²) in [5.41, 5.74) is 1.72. The van der Waals surface area contributed by atoms with Gasteiger partial charge in [-0.1, -0.05) is 37.6 Å². The Kier molecular flexibility index (Phi) is 7.00. The van der Waals surface area contributed by atoms with E-state index in [1.807, 2.05) is 12.1 Å². The van der Waals surface area contributed by atoms with Crippen molar-refractivity contribution in [3.63, 3.8) is 0 Å². The number of aliphatic hydroxyl groups excluding tert-OH is 3. The summed E-state index contributed by atoms with van der Waals surface area (Å²) in [5.74, 6) is -0.148. The van der Waals surface area contributed by atoms with E-state index in [2.05, 4.69) is 19.9 Å². The minimum atomic E-state index is -1.31. The van der Waals surface area contributed by atoms with Crippen LogP contribution in [0.15, 0.2) is 35.9 Å². The maximum Gasteiger partial charge on any atom is 0.335 e. The molecule has 0 spiro atoms. The molecule has 220 valence electrons. The van der Waals surface area contributed by atoms with Gasteiger partial charge >= 0.3 is 5.97 Å². The van der Waals surface area contributed by atoms with Crippen molar-refractivity contribution >= 4 is 5.97 Å². The molecule has 8 heteroatoms. The minimum absolute atomic E-state index is 0.0316. The van der Waals surface area contributed by atoms with Gasteiger partial charge in [-0.25, -0.2) is 4.79 Å². The first kappa shape index (κ1) is 28.3. The molecule has 0 unspecified atom stereocenters. The van der Waals surface area contributed by atoms with Crippen LogP contribution in [0.5, 0.6) is 0 Å². The Hall–Kier alpha value is -1.81. The third kappa shape index (κ3) is 4.13. The van der Waals surface area contributed by atoms with Gasteiger partial charge in [0.25, 0.3) is 0 Å². The van der Waals surface area contributed by atoms with Gasteiger partial charge in [0.2, 0.25) is 0 Å². The van der Waals surface area contributed by atoms with Crippen LogP contribution in [-0.4, -0.2) is 73.9 Å². The minimum Gasteiger partial charge on any atom is -0.478 e. The molecule has 1 aliphatic heterocycles. The lowest BCUT2D eigenvalue weighted by Gasteiger charge is -2.62. The Balaban J connectivity index is 1.20. The third-order valence-corrected chi connectivity index (χ3v) is 11.9. The second-order valence-electron chi connectivity index (χ2n) is 13.7. The summed E-state index contributed by atoms with van der Waals surface area (Å²) in [6.45, 7) is 6.27. The molecule has 6 rings (SSSR count). The molecular formula is C32H44O8. The van der Waals surface area contributed by atoms with Crippen molar-refractivity contribution in [1.82, 2.24) is 0 Å². The lowest BCUT2D eigenvalue weighted by Crippen LogP contribution is -2.60. The van der Waals surface area contributed by atoms with Crippen LogP contribution in [0.25, 0.3) is 0 Å². The number of benzene rings is 1. The normalized spacial score (nSPS) is 48.5. The zero-order chi connectivity index (χ0) is 28.6. The van der Waals surface area contributed by atoms with Crippen molar-refractivity contribution in [3.8, 4) is 0 Å². The van der Waals surface area contributed by atoms with Crippen molar-refractivity contribution in [2.45, 2.75) is 120 Å². The molecule has 1 aromatic carbocycles. The van der Waals surface area contributed by atoms with E-state index in [1.165, 1.54) is 5.57 Å².